The molecular weight excluding hydrogens is 274 g/mol. The van der Waals surface area contributed by atoms with Gasteiger partial charge >= 0.3 is 0 Å². The van der Waals surface area contributed by atoms with Crippen molar-refractivity contribution >= 4 is 5.82 Å². The molecule has 0 aromatic carbocycles. The molecule has 1 N–H and O–H groups in total. The molecule has 1 aliphatic heterocycles. The van der Waals surface area contributed by atoms with E-state index in [0.29, 0.717) is 5.92 Å². The second-order valence-electron chi connectivity index (χ2n) is 6.00. The van der Waals surface area contributed by atoms with Gasteiger partial charge in [0.2, 0.25) is 0 Å². The fourth-order valence-electron chi connectivity index (χ4n) is 3.23. The maximum atomic E-state index is 4.37. The Kier molecular flexibility index (Phi) is 4.73. The lowest BCUT2D eigenvalue weighted by Crippen LogP contribution is -2.33. The molecule has 0 saturated carbocycles. The summed E-state index contributed by atoms with van der Waals surface area (Å²) in [5.41, 5.74) is 2.71. The van der Waals surface area contributed by atoms with Crippen LogP contribution in [0, 0.1) is 0 Å². The van der Waals surface area contributed by atoms with E-state index in [1.807, 2.05) is 24.1 Å². The molecule has 2 aromatic rings. The Hall–Kier alpha value is -1.88. The van der Waals surface area contributed by atoms with Crippen LogP contribution in [-0.2, 0) is 13.1 Å². The van der Waals surface area contributed by atoms with Crippen molar-refractivity contribution in [2.24, 2.45) is 0 Å². The molecule has 0 amide bonds. The largest absolute Gasteiger partial charge is 0.373 e. The van der Waals surface area contributed by atoms with Crippen LogP contribution in [0.15, 0.2) is 30.7 Å². The highest BCUT2D eigenvalue weighted by Crippen LogP contribution is 2.28. The second-order valence-corrected chi connectivity index (χ2v) is 6.00. The van der Waals surface area contributed by atoms with Crippen molar-refractivity contribution in [3.05, 3.63) is 41.9 Å². The third-order valence-electron chi connectivity index (χ3n) is 4.43. The topological polar surface area (TPSA) is 46.0 Å². The maximum absolute atomic E-state index is 4.37. The van der Waals surface area contributed by atoms with Crippen LogP contribution in [0.3, 0.4) is 0 Å². The summed E-state index contributed by atoms with van der Waals surface area (Å²) in [6.45, 7) is 6.35. The van der Waals surface area contributed by atoms with Gasteiger partial charge in [0, 0.05) is 44.6 Å². The van der Waals surface area contributed by atoms with Gasteiger partial charge in [0.1, 0.15) is 5.82 Å². The molecule has 5 nitrogen and oxygen atoms in total. The summed E-state index contributed by atoms with van der Waals surface area (Å²) in [5, 5.41) is 7.50. The minimum atomic E-state index is 0.602. The lowest BCUT2D eigenvalue weighted by molar-refractivity contribution is 0.200. The van der Waals surface area contributed by atoms with Crippen LogP contribution in [0.2, 0.25) is 0 Å². The van der Waals surface area contributed by atoms with Gasteiger partial charge in [-0.15, -0.1) is 0 Å². The van der Waals surface area contributed by atoms with E-state index in [2.05, 4.69) is 45.6 Å². The normalized spacial score (nSPS) is 19.3. The van der Waals surface area contributed by atoms with Gasteiger partial charge in [-0.1, -0.05) is 0 Å². The summed E-state index contributed by atoms with van der Waals surface area (Å²) >= 11 is 0. The average molecular weight is 299 g/mol. The van der Waals surface area contributed by atoms with Crippen LogP contribution < -0.4 is 5.32 Å². The van der Waals surface area contributed by atoms with Crippen molar-refractivity contribution in [1.82, 2.24) is 19.7 Å². The van der Waals surface area contributed by atoms with E-state index in [1.54, 1.807) is 0 Å². The molecule has 0 radical (unpaired) electrons. The van der Waals surface area contributed by atoms with Gasteiger partial charge in [0.05, 0.1) is 6.20 Å². The molecule has 118 valence electrons. The molecule has 1 unspecified atom stereocenters. The van der Waals surface area contributed by atoms with Crippen molar-refractivity contribution in [3.63, 3.8) is 0 Å². The van der Waals surface area contributed by atoms with Crippen LogP contribution in [-0.4, -0.2) is 39.8 Å². The third-order valence-corrected chi connectivity index (χ3v) is 4.43. The van der Waals surface area contributed by atoms with Crippen molar-refractivity contribution in [2.45, 2.75) is 38.8 Å². The van der Waals surface area contributed by atoms with E-state index < -0.39 is 0 Å². The molecule has 3 rings (SSSR count). The van der Waals surface area contributed by atoms with E-state index >= 15 is 0 Å². The number of anilines is 1. The maximum Gasteiger partial charge on any atom is 0.125 e. The van der Waals surface area contributed by atoms with Crippen molar-refractivity contribution in [1.29, 1.82) is 0 Å². The Labute approximate surface area is 132 Å². The van der Waals surface area contributed by atoms with Gasteiger partial charge in [0.15, 0.2) is 0 Å². The smallest absolute Gasteiger partial charge is 0.125 e. The quantitative estimate of drug-likeness (QED) is 0.922. The van der Waals surface area contributed by atoms with Crippen LogP contribution in [0.1, 0.15) is 36.8 Å². The van der Waals surface area contributed by atoms with Gasteiger partial charge in [-0.05, 0) is 49.9 Å². The first-order chi connectivity index (χ1) is 10.8. The molecule has 1 aliphatic rings. The lowest BCUT2D eigenvalue weighted by atomic mass is 9.91. The van der Waals surface area contributed by atoms with E-state index in [1.165, 1.54) is 30.5 Å². The summed E-state index contributed by atoms with van der Waals surface area (Å²) in [7, 11) is 1.92. The SMILES string of the molecule is CCn1cc(CN2CCCC(c3ccnc(NC)c3)C2)cn1. The van der Waals surface area contributed by atoms with Crippen molar-refractivity contribution in [2.75, 3.05) is 25.5 Å². The van der Waals surface area contributed by atoms with E-state index in [0.717, 1.165) is 25.5 Å². The molecule has 0 aliphatic carbocycles. The highest BCUT2D eigenvalue weighted by molar-refractivity contribution is 5.38. The summed E-state index contributed by atoms with van der Waals surface area (Å²) in [5.74, 6) is 1.56. The molecule has 22 heavy (non-hydrogen) atoms. The molecule has 0 bridgehead atoms. The summed E-state index contributed by atoms with van der Waals surface area (Å²) in [4.78, 5) is 6.86. The number of nitrogens with one attached hydrogen (secondary N) is 1. The average Bonchev–Trinajstić information content (AvgIpc) is 3.03. The zero-order chi connectivity index (χ0) is 15.4. The van der Waals surface area contributed by atoms with Crippen LogP contribution >= 0.6 is 0 Å². The first-order valence-electron chi connectivity index (χ1n) is 8.16. The standard InChI is InChI=1S/C17H25N5/c1-3-22-12-14(10-20-22)11-21-8-4-5-16(13-21)15-6-7-19-17(9-15)18-2/h6-7,9-10,12,16H,3-5,8,11,13H2,1-2H3,(H,18,19). The number of aromatic nitrogens is 3. The molecule has 1 atom stereocenters. The Morgan fingerprint density at radius 3 is 3.09 bits per heavy atom. The van der Waals surface area contributed by atoms with Gasteiger partial charge in [-0.3, -0.25) is 9.58 Å². The van der Waals surface area contributed by atoms with E-state index in [4.69, 9.17) is 0 Å². The monoisotopic (exact) mass is 299 g/mol. The number of rotatable bonds is 5. The fraction of sp³-hybridized carbons (Fsp3) is 0.529. The van der Waals surface area contributed by atoms with Gasteiger partial charge in [-0.2, -0.15) is 5.10 Å². The number of nitrogens with zero attached hydrogens (tertiary/aromatic N) is 4. The van der Waals surface area contributed by atoms with Crippen molar-refractivity contribution in [3.8, 4) is 0 Å². The highest BCUT2D eigenvalue weighted by atomic mass is 15.3. The fourth-order valence-corrected chi connectivity index (χ4v) is 3.23. The number of aryl methyl sites for hydroxylation is 1. The molecular formula is C17H25N5. The van der Waals surface area contributed by atoms with Gasteiger partial charge in [-0.25, -0.2) is 4.98 Å². The Bertz CT molecular complexity index is 607. The van der Waals surface area contributed by atoms with Crippen LogP contribution in [0.4, 0.5) is 5.82 Å². The molecule has 3 heterocycles. The van der Waals surface area contributed by atoms with Crippen LogP contribution in [0.5, 0.6) is 0 Å². The number of hydrogen-bond acceptors (Lipinski definition) is 4. The molecule has 5 heteroatoms. The van der Waals surface area contributed by atoms with Crippen LogP contribution in [0.25, 0.3) is 0 Å². The minimum absolute atomic E-state index is 0.602. The number of likely N-dealkylation sites (tertiary alicyclic amines) is 1. The Balaban J connectivity index is 1.65. The second kappa shape index (κ2) is 6.92. The Morgan fingerprint density at radius 2 is 2.32 bits per heavy atom. The number of pyridine rings is 1. The highest BCUT2D eigenvalue weighted by Gasteiger charge is 2.22. The lowest BCUT2D eigenvalue weighted by Gasteiger charge is -2.32. The molecule has 1 fully saturated rings. The summed E-state index contributed by atoms with van der Waals surface area (Å²) in [6.07, 6.45) is 8.58. The zero-order valence-electron chi connectivity index (χ0n) is 13.5. The molecule has 1 saturated heterocycles. The number of hydrogen-bond donors (Lipinski definition) is 1. The Morgan fingerprint density at radius 1 is 1.41 bits per heavy atom. The number of piperidine rings is 1. The minimum Gasteiger partial charge on any atom is -0.373 e. The predicted octanol–water partition coefficient (Wildman–Crippen LogP) is 2.72. The van der Waals surface area contributed by atoms with E-state index in [-0.39, 0.29) is 0 Å². The first-order valence-corrected chi connectivity index (χ1v) is 8.16. The third kappa shape index (κ3) is 3.47. The summed E-state index contributed by atoms with van der Waals surface area (Å²) < 4.78 is 2.00. The van der Waals surface area contributed by atoms with E-state index in [9.17, 15) is 0 Å². The van der Waals surface area contributed by atoms with Gasteiger partial charge < -0.3 is 5.32 Å². The predicted molar refractivity (Wildman–Crippen MR) is 88.9 cm³/mol. The molecule has 2 aromatic heterocycles. The molecule has 0 spiro atoms. The first kappa shape index (κ1) is 15.0. The van der Waals surface area contributed by atoms with Crippen molar-refractivity contribution < 1.29 is 0 Å². The van der Waals surface area contributed by atoms with Gasteiger partial charge in [0.25, 0.3) is 0 Å². The summed E-state index contributed by atoms with van der Waals surface area (Å²) in [6, 6.07) is 4.34. The zero-order valence-corrected chi connectivity index (χ0v) is 13.5.